The number of hydrogen-bond acceptors (Lipinski definition) is 6. The largest absolute Gasteiger partial charge is 0.469 e. The zero-order valence-electron chi connectivity index (χ0n) is 15.1. The van der Waals surface area contributed by atoms with Gasteiger partial charge in [-0.05, 0) is 27.2 Å². The minimum atomic E-state index is -4.72. The van der Waals surface area contributed by atoms with E-state index in [9.17, 15) is 14.2 Å². The van der Waals surface area contributed by atoms with Gasteiger partial charge in [0.25, 0.3) is 5.56 Å². The van der Waals surface area contributed by atoms with E-state index in [-0.39, 0.29) is 12.0 Å². The standard InChI is InChI=1S/C15H25N2O8P/c1-5-10-13(23-8(2)3)12(9(4)25-26(20,21)22)24-14(10)17-7-6-11(18)16-15(17)19/h6-10,12-14H,5H2,1-4H3,(H,16,18,19)(H2,20,21,22)/t9-,10?,12+,13+,14+/m0/s1. The average molecular weight is 392 g/mol. The molecule has 3 N–H and O–H groups in total. The lowest BCUT2D eigenvalue weighted by Crippen LogP contribution is -2.39. The molecule has 0 bridgehead atoms. The summed E-state index contributed by atoms with van der Waals surface area (Å²) in [7, 11) is -4.72. The van der Waals surface area contributed by atoms with E-state index in [1.165, 1.54) is 23.8 Å². The van der Waals surface area contributed by atoms with Crippen molar-refractivity contribution < 1.29 is 28.3 Å². The smallest absolute Gasteiger partial charge is 0.372 e. The number of hydrogen-bond donors (Lipinski definition) is 3. The molecule has 1 saturated heterocycles. The van der Waals surface area contributed by atoms with Gasteiger partial charge in [0.15, 0.2) is 0 Å². The summed E-state index contributed by atoms with van der Waals surface area (Å²) in [5.74, 6) is -0.283. The number of H-pyrrole nitrogens is 1. The maximum atomic E-state index is 12.2. The summed E-state index contributed by atoms with van der Waals surface area (Å²) in [6, 6.07) is 1.21. The third kappa shape index (κ3) is 4.91. The molecule has 2 heterocycles. The van der Waals surface area contributed by atoms with Crippen molar-refractivity contribution in [2.75, 3.05) is 0 Å². The third-order valence-corrected chi connectivity index (χ3v) is 4.81. The second-order valence-corrected chi connectivity index (χ2v) is 7.72. The molecule has 2 rings (SSSR count). The SMILES string of the molecule is CCC1[C@@H](OC(C)C)[C@@H]([C@H](C)OP(=O)(O)O)O[C@H]1n1ccc(=O)[nH]c1=O. The van der Waals surface area contributed by atoms with Crippen LogP contribution < -0.4 is 11.2 Å². The van der Waals surface area contributed by atoms with Crippen molar-refractivity contribution in [2.24, 2.45) is 5.92 Å². The van der Waals surface area contributed by atoms with E-state index in [1.807, 2.05) is 20.8 Å². The van der Waals surface area contributed by atoms with Gasteiger partial charge in [-0.3, -0.25) is 18.9 Å². The van der Waals surface area contributed by atoms with Crippen LogP contribution in [0.5, 0.6) is 0 Å². The molecule has 1 aliphatic rings. The van der Waals surface area contributed by atoms with Gasteiger partial charge in [-0.15, -0.1) is 0 Å². The van der Waals surface area contributed by atoms with Crippen LogP contribution in [0.1, 0.15) is 40.3 Å². The van der Waals surface area contributed by atoms with Crippen LogP contribution >= 0.6 is 7.82 Å². The molecule has 0 aromatic carbocycles. The molecule has 0 radical (unpaired) electrons. The first-order chi connectivity index (χ1) is 12.0. The molecule has 10 nitrogen and oxygen atoms in total. The fourth-order valence-corrected chi connectivity index (χ4v) is 3.78. The Balaban J connectivity index is 2.40. The van der Waals surface area contributed by atoms with Crippen molar-refractivity contribution in [2.45, 2.75) is 64.8 Å². The number of nitrogens with zero attached hydrogens (tertiary/aromatic N) is 1. The highest BCUT2D eigenvalue weighted by molar-refractivity contribution is 7.46. The number of phosphoric ester groups is 1. The van der Waals surface area contributed by atoms with Crippen molar-refractivity contribution in [3.8, 4) is 0 Å². The molecule has 1 aliphatic heterocycles. The van der Waals surface area contributed by atoms with E-state index in [0.29, 0.717) is 6.42 Å². The Labute approximate surface area is 150 Å². The minimum absolute atomic E-state index is 0.173. The minimum Gasteiger partial charge on any atom is -0.372 e. The van der Waals surface area contributed by atoms with E-state index in [4.69, 9.17) is 23.8 Å². The number of nitrogens with one attached hydrogen (secondary N) is 1. The van der Waals surface area contributed by atoms with Gasteiger partial charge in [-0.25, -0.2) is 9.36 Å². The average Bonchev–Trinajstić information content (AvgIpc) is 2.83. The van der Waals surface area contributed by atoms with E-state index >= 15 is 0 Å². The predicted octanol–water partition coefficient (Wildman–Crippen LogP) is 0.752. The van der Waals surface area contributed by atoms with Crippen LogP contribution in [0, 0.1) is 5.92 Å². The number of aromatic nitrogens is 2. The van der Waals surface area contributed by atoms with Crippen LogP contribution in [0.25, 0.3) is 0 Å². The Morgan fingerprint density at radius 3 is 2.50 bits per heavy atom. The fraction of sp³-hybridized carbons (Fsp3) is 0.733. The van der Waals surface area contributed by atoms with Crippen LogP contribution in [-0.4, -0.2) is 43.8 Å². The van der Waals surface area contributed by atoms with E-state index < -0.39 is 43.6 Å². The normalized spacial score (nSPS) is 27.8. The molecule has 0 aliphatic carbocycles. The number of phosphoric acid groups is 1. The second-order valence-electron chi connectivity index (χ2n) is 6.53. The highest BCUT2D eigenvalue weighted by Crippen LogP contribution is 2.44. The molecule has 0 saturated carbocycles. The number of rotatable bonds is 7. The zero-order valence-corrected chi connectivity index (χ0v) is 16.0. The van der Waals surface area contributed by atoms with Gasteiger partial charge in [0.1, 0.15) is 12.3 Å². The molecule has 5 atom stereocenters. The molecule has 26 heavy (non-hydrogen) atoms. The Morgan fingerprint density at radius 2 is 2.00 bits per heavy atom. The van der Waals surface area contributed by atoms with Crippen LogP contribution in [0.4, 0.5) is 0 Å². The summed E-state index contributed by atoms with van der Waals surface area (Å²) in [4.78, 5) is 43.8. The molecule has 1 unspecified atom stereocenters. The maximum Gasteiger partial charge on any atom is 0.469 e. The van der Waals surface area contributed by atoms with E-state index in [1.54, 1.807) is 0 Å². The summed E-state index contributed by atoms with van der Waals surface area (Å²) >= 11 is 0. The highest BCUT2D eigenvalue weighted by Gasteiger charge is 2.49. The van der Waals surface area contributed by atoms with Crippen LogP contribution in [0.15, 0.2) is 21.9 Å². The zero-order chi connectivity index (χ0) is 19.6. The van der Waals surface area contributed by atoms with Gasteiger partial charge < -0.3 is 19.3 Å². The summed E-state index contributed by atoms with van der Waals surface area (Å²) in [5.41, 5.74) is -1.16. The Kier molecular flexibility index (Phi) is 6.60. The van der Waals surface area contributed by atoms with Gasteiger partial charge in [-0.1, -0.05) is 6.92 Å². The molecule has 1 aromatic rings. The summed E-state index contributed by atoms with van der Waals surface area (Å²) < 4.78 is 29.1. The third-order valence-electron chi connectivity index (χ3n) is 4.20. The summed E-state index contributed by atoms with van der Waals surface area (Å²) in [6.07, 6.45) is -1.36. The lowest BCUT2D eigenvalue weighted by Gasteiger charge is -2.28. The van der Waals surface area contributed by atoms with Gasteiger partial charge >= 0.3 is 13.5 Å². The predicted molar refractivity (Wildman–Crippen MR) is 91.6 cm³/mol. The van der Waals surface area contributed by atoms with Crippen molar-refractivity contribution in [3.05, 3.63) is 33.1 Å². The molecule has 1 aromatic heterocycles. The van der Waals surface area contributed by atoms with Crippen molar-refractivity contribution in [1.82, 2.24) is 9.55 Å². The Morgan fingerprint density at radius 1 is 1.35 bits per heavy atom. The fourth-order valence-electron chi connectivity index (χ4n) is 3.23. The topological polar surface area (TPSA) is 140 Å². The lowest BCUT2D eigenvalue weighted by molar-refractivity contribution is -0.0988. The molecule has 148 valence electrons. The molecule has 0 spiro atoms. The van der Waals surface area contributed by atoms with Crippen LogP contribution in [-0.2, 0) is 18.6 Å². The second kappa shape index (κ2) is 8.16. The van der Waals surface area contributed by atoms with Crippen LogP contribution in [0.3, 0.4) is 0 Å². The van der Waals surface area contributed by atoms with Crippen molar-refractivity contribution in [1.29, 1.82) is 0 Å². The first-order valence-corrected chi connectivity index (χ1v) is 9.92. The van der Waals surface area contributed by atoms with Gasteiger partial charge in [-0.2, -0.15) is 0 Å². The molecule has 1 fully saturated rings. The molecular formula is C15H25N2O8P. The van der Waals surface area contributed by atoms with Gasteiger partial charge in [0.05, 0.1) is 18.3 Å². The van der Waals surface area contributed by atoms with Crippen molar-refractivity contribution >= 4 is 7.82 Å². The maximum absolute atomic E-state index is 12.2. The van der Waals surface area contributed by atoms with E-state index in [2.05, 4.69) is 4.98 Å². The van der Waals surface area contributed by atoms with Gasteiger partial charge in [0, 0.05) is 18.2 Å². The Bertz CT molecular complexity index is 769. The lowest BCUT2D eigenvalue weighted by atomic mass is 9.94. The van der Waals surface area contributed by atoms with E-state index in [0.717, 1.165) is 0 Å². The monoisotopic (exact) mass is 392 g/mol. The molecular weight excluding hydrogens is 367 g/mol. The Hall–Kier alpha value is -1.29. The van der Waals surface area contributed by atoms with Gasteiger partial charge in [0.2, 0.25) is 0 Å². The number of aromatic amines is 1. The van der Waals surface area contributed by atoms with Crippen molar-refractivity contribution in [3.63, 3.8) is 0 Å². The highest BCUT2D eigenvalue weighted by atomic mass is 31.2. The summed E-state index contributed by atoms with van der Waals surface area (Å²) in [5, 5.41) is 0. The molecule has 0 amide bonds. The van der Waals surface area contributed by atoms with Crippen LogP contribution in [0.2, 0.25) is 0 Å². The molecule has 11 heteroatoms. The number of ether oxygens (including phenoxy) is 2. The summed E-state index contributed by atoms with van der Waals surface area (Å²) in [6.45, 7) is 7.03. The first kappa shape index (κ1) is 21.0. The first-order valence-electron chi connectivity index (χ1n) is 8.39. The quantitative estimate of drug-likeness (QED) is 0.578.